The van der Waals surface area contributed by atoms with Crippen molar-refractivity contribution in [3.8, 4) is 0 Å². The predicted octanol–water partition coefficient (Wildman–Crippen LogP) is 1.38. The molecule has 0 aromatic heterocycles. The summed E-state index contributed by atoms with van der Waals surface area (Å²) < 4.78 is 0. The Morgan fingerprint density at radius 3 is 2.35 bits per heavy atom. The molecule has 1 aromatic carbocycles. The lowest BCUT2D eigenvalue weighted by Crippen LogP contribution is -2.70. The van der Waals surface area contributed by atoms with E-state index in [0.29, 0.717) is 24.2 Å². The van der Waals surface area contributed by atoms with Crippen molar-refractivity contribution >= 4 is 29.6 Å². The van der Waals surface area contributed by atoms with E-state index in [0.717, 1.165) is 0 Å². The molecular weight excluding hydrogens is 352 g/mol. The monoisotopic (exact) mass is 378 g/mol. The van der Waals surface area contributed by atoms with Gasteiger partial charge in [-0.3, -0.25) is 14.4 Å². The van der Waals surface area contributed by atoms with E-state index in [-0.39, 0.29) is 11.8 Å². The van der Waals surface area contributed by atoms with Crippen molar-refractivity contribution in [1.29, 1.82) is 0 Å². The van der Waals surface area contributed by atoms with Gasteiger partial charge in [-0.15, -0.1) is 12.6 Å². The zero-order valence-electron chi connectivity index (χ0n) is 15.5. The molecule has 7 heteroatoms. The Bertz CT molecular complexity index is 717. The third-order valence-corrected chi connectivity index (χ3v) is 5.78. The molecule has 0 spiro atoms. The van der Waals surface area contributed by atoms with Crippen LogP contribution in [0.2, 0.25) is 0 Å². The first-order chi connectivity index (χ1) is 12.2. The van der Waals surface area contributed by atoms with Crippen LogP contribution in [-0.2, 0) is 15.0 Å². The fourth-order valence-electron chi connectivity index (χ4n) is 3.61. The standard InChI is InChI=1S/C19H26N2O4S/c1-5-21(6-2)17(24)12-9-7-8-10-13(12)19(4,18(25)26)15-14(11(3)22)16(23)20-15/h7-11,14-15,22H,5-6H2,1-4H3,(H,20,23)(H,25,26)/t11?,14-,15+,19+/m1/s1. The first-order valence-electron chi connectivity index (χ1n) is 8.80. The van der Waals surface area contributed by atoms with Crippen LogP contribution in [-0.4, -0.2) is 52.2 Å². The number of carbonyl (C=O) groups is 3. The number of rotatable bonds is 7. The van der Waals surface area contributed by atoms with Crippen LogP contribution in [0, 0.1) is 5.92 Å². The van der Waals surface area contributed by atoms with Crippen molar-refractivity contribution in [1.82, 2.24) is 10.2 Å². The van der Waals surface area contributed by atoms with Crippen LogP contribution < -0.4 is 5.32 Å². The Morgan fingerprint density at radius 1 is 1.31 bits per heavy atom. The smallest absolute Gasteiger partial charge is 0.254 e. The van der Waals surface area contributed by atoms with Gasteiger partial charge in [-0.25, -0.2) is 0 Å². The number of nitrogens with zero attached hydrogens (tertiary/aromatic N) is 1. The molecule has 0 bridgehead atoms. The van der Waals surface area contributed by atoms with E-state index in [2.05, 4.69) is 17.9 Å². The van der Waals surface area contributed by atoms with Gasteiger partial charge in [-0.2, -0.15) is 0 Å². The van der Waals surface area contributed by atoms with Crippen molar-refractivity contribution in [2.24, 2.45) is 5.92 Å². The van der Waals surface area contributed by atoms with Gasteiger partial charge in [0.1, 0.15) is 0 Å². The van der Waals surface area contributed by atoms with Gasteiger partial charge in [0.05, 0.1) is 23.5 Å². The molecule has 1 fully saturated rings. The van der Waals surface area contributed by atoms with Crippen LogP contribution in [0.4, 0.5) is 0 Å². The van der Waals surface area contributed by atoms with Gasteiger partial charge in [0.2, 0.25) is 5.91 Å². The van der Waals surface area contributed by atoms with Crippen molar-refractivity contribution < 1.29 is 19.5 Å². The molecule has 142 valence electrons. The van der Waals surface area contributed by atoms with E-state index in [9.17, 15) is 19.5 Å². The molecule has 2 N–H and O–H groups in total. The molecule has 0 aliphatic carbocycles. The summed E-state index contributed by atoms with van der Waals surface area (Å²) in [6, 6.07) is 6.26. The third-order valence-electron chi connectivity index (χ3n) is 5.31. The van der Waals surface area contributed by atoms with E-state index in [1.165, 1.54) is 6.92 Å². The number of hydrogen-bond donors (Lipinski definition) is 3. The van der Waals surface area contributed by atoms with Crippen LogP contribution in [0.5, 0.6) is 0 Å². The van der Waals surface area contributed by atoms with E-state index >= 15 is 0 Å². The number of hydrogen-bond acceptors (Lipinski definition) is 4. The number of nitrogens with one attached hydrogen (secondary N) is 1. The lowest BCUT2D eigenvalue weighted by Gasteiger charge is -2.48. The molecule has 1 unspecified atom stereocenters. The van der Waals surface area contributed by atoms with Gasteiger partial charge in [-0.1, -0.05) is 18.2 Å². The molecule has 2 rings (SSSR count). The highest BCUT2D eigenvalue weighted by molar-refractivity contribution is 7.96. The Hall–Kier alpha value is -1.86. The molecule has 1 aromatic rings. The fraction of sp³-hybridized carbons (Fsp3) is 0.526. The summed E-state index contributed by atoms with van der Waals surface area (Å²) in [6.07, 6.45) is -0.911. The summed E-state index contributed by atoms with van der Waals surface area (Å²) in [6.45, 7) is 8.06. The second-order valence-corrected chi connectivity index (χ2v) is 7.19. The topological polar surface area (TPSA) is 86.7 Å². The SMILES string of the molecule is CCN(CC)C(=O)c1ccccc1[C@](C)(C(=O)S)[C@H]1NC(=O)[C@@H]1C(C)O. The lowest BCUT2D eigenvalue weighted by molar-refractivity contribution is -0.145. The van der Waals surface area contributed by atoms with Crippen molar-refractivity contribution in [2.75, 3.05) is 13.1 Å². The molecule has 1 aliphatic rings. The highest BCUT2D eigenvalue weighted by Crippen LogP contribution is 2.40. The Balaban J connectivity index is 2.57. The van der Waals surface area contributed by atoms with Crippen LogP contribution >= 0.6 is 12.6 Å². The molecule has 2 amide bonds. The van der Waals surface area contributed by atoms with Gasteiger partial charge in [0.25, 0.3) is 5.91 Å². The number of β-lactam (4-membered cyclic amide) rings is 1. The average Bonchev–Trinajstić information content (AvgIpc) is 2.59. The number of carbonyl (C=O) groups excluding carboxylic acids is 3. The zero-order valence-corrected chi connectivity index (χ0v) is 16.4. The molecule has 1 aliphatic heterocycles. The number of benzene rings is 1. The normalized spacial score (nSPS) is 22.6. The van der Waals surface area contributed by atoms with E-state index in [1.807, 2.05) is 13.8 Å². The zero-order chi connectivity index (χ0) is 19.6. The average molecular weight is 378 g/mol. The molecule has 1 saturated heterocycles. The first-order valence-corrected chi connectivity index (χ1v) is 9.25. The summed E-state index contributed by atoms with van der Waals surface area (Å²) in [5.74, 6) is -1.21. The maximum Gasteiger partial charge on any atom is 0.254 e. The summed E-state index contributed by atoms with van der Waals surface area (Å²) in [5.41, 5.74) is -0.322. The molecular formula is C19H26N2O4S. The van der Waals surface area contributed by atoms with Gasteiger partial charge in [0, 0.05) is 18.7 Å². The van der Waals surface area contributed by atoms with E-state index in [4.69, 9.17) is 0 Å². The summed E-state index contributed by atoms with van der Waals surface area (Å²) >= 11 is 4.07. The van der Waals surface area contributed by atoms with Crippen LogP contribution in [0.1, 0.15) is 43.6 Å². The van der Waals surface area contributed by atoms with Crippen LogP contribution in [0.15, 0.2) is 24.3 Å². The Kier molecular flexibility index (Phi) is 6.13. The third kappa shape index (κ3) is 3.25. The molecule has 6 nitrogen and oxygen atoms in total. The van der Waals surface area contributed by atoms with Gasteiger partial charge in [-0.05, 0) is 39.3 Å². The minimum atomic E-state index is -1.24. The Morgan fingerprint density at radius 2 is 1.88 bits per heavy atom. The largest absolute Gasteiger partial charge is 0.393 e. The fourth-order valence-corrected chi connectivity index (χ4v) is 3.87. The summed E-state index contributed by atoms with van der Waals surface area (Å²) in [4.78, 5) is 39.1. The van der Waals surface area contributed by atoms with Crippen LogP contribution in [0.25, 0.3) is 0 Å². The summed E-state index contributed by atoms with van der Waals surface area (Å²) in [5, 5.41) is 12.2. The molecule has 26 heavy (non-hydrogen) atoms. The van der Waals surface area contributed by atoms with Crippen molar-refractivity contribution in [3.05, 3.63) is 35.4 Å². The molecule has 4 atom stereocenters. The van der Waals surface area contributed by atoms with Gasteiger partial charge < -0.3 is 15.3 Å². The molecule has 0 saturated carbocycles. The lowest BCUT2D eigenvalue weighted by atomic mass is 9.65. The van der Waals surface area contributed by atoms with Gasteiger partial charge >= 0.3 is 0 Å². The van der Waals surface area contributed by atoms with E-state index < -0.39 is 28.6 Å². The predicted molar refractivity (Wildman–Crippen MR) is 102 cm³/mol. The number of aliphatic hydroxyl groups is 1. The molecule has 1 heterocycles. The number of aliphatic hydroxyl groups excluding tert-OH is 1. The van der Waals surface area contributed by atoms with Crippen molar-refractivity contribution in [2.45, 2.75) is 45.3 Å². The van der Waals surface area contributed by atoms with Gasteiger partial charge in [0.15, 0.2) is 5.12 Å². The van der Waals surface area contributed by atoms with Crippen molar-refractivity contribution in [3.63, 3.8) is 0 Å². The first kappa shape index (κ1) is 20.5. The highest BCUT2D eigenvalue weighted by Gasteiger charge is 2.56. The number of thiol groups is 1. The minimum absolute atomic E-state index is 0.175. The Labute approximate surface area is 159 Å². The van der Waals surface area contributed by atoms with Crippen LogP contribution in [0.3, 0.4) is 0 Å². The second-order valence-electron chi connectivity index (χ2n) is 6.78. The minimum Gasteiger partial charge on any atom is -0.393 e. The second kappa shape index (κ2) is 7.80. The van der Waals surface area contributed by atoms with E-state index in [1.54, 1.807) is 36.1 Å². The number of amides is 2. The summed E-state index contributed by atoms with van der Waals surface area (Å²) in [7, 11) is 0. The molecule has 0 radical (unpaired) electrons. The maximum atomic E-state index is 13.0. The highest BCUT2D eigenvalue weighted by atomic mass is 32.1. The quantitative estimate of drug-likeness (QED) is 0.494. The maximum absolute atomic E-state index is 13.0.